The number of ether oxygens (including phenoxy) is 3. The summed E-state index contributed by atoms with van der Waals surface area (Å²) < 4.78 is 21.7. The van der Waals surface area contributed by atoms with Gasteiger partial charge in [-0.3, -0.25) is 9.59 Å². The van der Waals surface area contributed by atoms with Crippen LogP contribution < -0.4 is 10.2 Å². The molecule has 4 rings (SSSR count). The summed E-state index contributed by atoms with van der Waals surface area (Å²) in [5, 5.41) is 60.2. The zero-order valence-electron chi connectivity index (χ0n) is 18.2. The van der Waals surface area contributed by atoms with Crippen molar-refractivity contribution >= 4 is 16.9 Å². The molecule has 0 spiro atoms. The molecule has 3 aromatic rings. The molecule has 1 aromatic heterocycles. The van der Waals surface area contributed by atoms with Crippen LogP contribution in [0.25, 0.3) is 22.3 Å². The predicted molar refractivity (Wildman–Crippen MR) is 117 cm³/mol. The van der Waals surface area contributed by atoms with E-state index in [9.17, 15) is 40.2 Å². The lowest BCUT2D eigenvalue weighted by Crippen LogP contribution is -2.60. The summed E-state index contributed by atoms with van der Waals surface area (Å²) in [7, 11) is 0. The van der Waals surface area contributed by atoms with Gasteiger partial charge in [0.15, 0.2) is 5.76 Å². The van der Waals surface area contributed by atoms with Crippen LogP contribution >= 0.6 is 0 Å². The molecule has 12 heteroatoms. The van der Waals surface area contributed by atoms with Crippen molar-refractivity contribution in [2.45, 2.75) is 37.6 Å². The number of phenols is 3. The van der Waals surface area contributed by atoms with Crippen LogP contribution in [-0.4, -0.2) is 73.9 Å². The minimum absolute atomic E-state index is 0.0777. The van der Waals surface area contributed by atoms with Gasteiger partial charge in [0.25, 0.3) is 0 Å². The number of esters is 1. The Balaban J connectivity index is 1.81. The quantitative estimate of drug-likeness (QED) is 0.268. The van der Waals surface area contributed by atoms with E-state index in [4.69, 9.17) is 18.6 Å². The lowest BCUT2D eigenvalue weighted by atomic mass is 9.99. The summed E-state index contributed by atoms with van der Waals surface area (Å²) in [4.78, 5) is 24.5. The average molecular weight is 490 g/mol. The van der Waals surface area contributed by atoms with E-state index < -0.39 is 60.2 Å². The van der Waals surface area contributed by atoms with E-state index in [1.807, 2.05) is 0 Å². The average Bonchev–Trinajstić information content (AvgIpc) is 2.80. The Hall–Kier alpha value is -3.84. The first kappa shape index (κ1) is 24.3. The zero-order chi connectivity index (χ0) is 25.4. The number of aliphatic hydroxyl groups excluding tert-OH is 3. The van der Waals surface area contributed by atoms with Gasteiger partial charge in [-0.15, -0.1) is 0 Å². The Bertz CT molecular complexity index is 1300. The Morgan fingerprint density at radius 3 is 2.31 bits per heavy atom. The van der Waals surface area contributed by atoms with E-state index in [1.165, 1.54) is 24.3 Å². The molecule has 186 valence electrons. The number of benzene rings is 2. The van der Waals surface area contributed by atoms with Crippen LogP contribution in [-0.2, 0) is 14.3 Å². The number of phenolic OH excluding ortho intramolecular Hbond substituents is 3. The number of hydrogen-bond donors (Lipinski definition) is 6. The zero-order valence-corrected chi connectivity index (χ0v) is 18.2. The van der Waals surface area contributed by atoms with Gasteiger partial charge in [0.2, 0.25) is 17.5 Å². The molecule has 2 heterocycles. The fraction of sp³-hybridized carbons (Fsp3) is 0.304. The third-order valence-corrected chi connectivity index (χ3v) is 5.40. The third-order valence-electron chi connectivity index (χ3n) is 5.40. The van der Waals surface area contributed by atoms with Crippen LogP contribution in [0.4, 0.5) is 0 Å². The number of aliphatic hydroxyl groups is 3. The van der Waals surface area contributed by atoms with E-state index in [1.54, 1.807) is 0 Å². The maximum absolute atomic E-state index is 13.4. The fourth-order valence-electron chi connectivity index (χ4n) is 3.65. The van der Waals surface area contributed by atoms with E-state index in [-0.39, 0.29) is 33.8 Å². The van der Waals surface area contributed by atoms with Crippen molar-refractivity contribution in [3.63, 3.8) is 0 Å². The molecule has 6 N–H and O–H groups in total. The Labute approximate surface area is 196 Å². The molecular weight excluding hydrogens is 468 g/mol. The maximum Gasteiger partial charge on any atom is 0.302 e. The van der Waals surface area contributed by atoms with Crippen molar-refractivity contribution in [2.75, 3.05) is 6.61 Å². The largest absolute Gasteiger partial charge is 0.508 e. The van der Waals surface area contributed by atoms with Crippen molar-refractivity contribution < 1.29 is 54.1 Å². The van der Waals surface area contributed by atoms with Crippen LogP contribution in [0.5, 0.6) is 23.0 Å². The number of carbonyl (C=O) groups is 1. The Morgan fingerprint density at radius 1 is 0.971 bits per heavy atom. The van der Waals surface area contributed by atoms with Gasteiger partial charge in [0.05, 0.1) is 0 Å². The highest BCUT2D eigenvalue weighted by Gasteiger charge is 2.46. The van der Waals surface area contributed by atoms with Gasteiger partial charge in [0, 0.05) is 24.6 Å². The number of rotatable bonds is 5. The summed E-state index contributed by atoms with van der Waals surface area (Å²) in [5.74, 6) is -2.49. The highest BCUT2D eigenvalue weighted by molar-refractivity contribution is 5.88. The molecule has 0 bridgehead atoms. The van der Waals surface area contributed by atoms with Crippen molar-refractivity contribution in [2.24, 2.45) is 0 Å². The first-order valence-electron chi connectivity index (χ1n) is 10.4. The molecule has 0 saturated carbocycles. The topological polar surface area (TPSA) is 196 Å². The highest BCUT2D eigenvalue weighted by Crippen LogP contribution is 2.37. The number of aromatic hydroxyl groups is 3. The smallest absolute Gasteiger partial charge is 0.302 e. The normalized spacial score (nSPS) is 24.3. The van der Waals surface area contributed by atoms with E-state index >= 15 is 0 Å². The fourth-order valence-corrected chi connectivity index (χ4v) is 3.65. The van der Waals surface area contributed by atoms with Gasteiger partial charge >= 0.3 is 5.97 Å². The van der Waals surface area contributed by atoms with Gasteiger partial charge in [-0.1, -0.05) is 0 Å². The minimum atomic E-state index is -1.84. The molecule has 12 nitrogen and oxygen atoms in total. The molecule has 1 saturated heterocycles. The van der Waals surface area contributed by atoms with Crippen molar-refractivity contribution in [1.82, 2.24) is 0 Å². The van der Waals surface area contributed by atoms with Gasteiger partial charge in [0.1, 0.15) is 59.2 Å². The summed E-state index contributed by atoms with van der Waals surface area (Å²) in [6.45, 7) is 0.653. The minimum Gasteiger partial charge on any atom is -0.508 e. The first-order chi connectivity index (χ1) is 16.6. The lowest BCUT2D eigenvalue weighted by Gasteiger charge is -2.39. The molecule has 1 aliphatic rings. The SMILES string of the molecule is CC(=O)OC[C@H]1O[C@@H](Oc2c(-c3ccc(O)cc3)oc3cc(O)cc(O)c3c2=O)[C@H](O)[C@@H](O)[C@H]1O. The summed E-state index contributed by atoms with van der Waals surface area (Å²) in [6.07, 6.45) is -8.30. The summed E-state index contributed by atoms with van der Waals surface area (Å²) in [5.41, 5.74) is -0.849. The molecule has 0 radical (unpaired) electrons. The number of fused-ring (bicyclic) bond motifs is 1. The van der Waals surface area contributed by atoms with Crippen molar-refractivity contribution in [3.8, 4) is 34.3 Å². The second-order valence-electron chi connectivity index (χ2n) is 7.91. The van der Waals surface area contributed by atoms with E-state index in [2.05, 4.69) is 0 Å². The Morgan fingerprint density at radius 2 is 1.66 bits per heavy atom. The van der Waals surface area contributed by atoms with Gasteiger partial charge in [-0.05, 0) is 24.3 Å². The lowest BCUT2D eigenvalue weighted by molar-refractivity contribution is -0.278. The standard InChI is InChI=1S/C23H22O12/c1-9(24)32-8-15-17(28)19(30)20(31)23(34-15)35-22-18(29)16-13(27)6-12(26)7-14(16)33-21(22)10-2-4-11(25)5-3-10/h2-7,15,17,19-20,23,25-28,30-31H,8H2,1H3/t15-,17+,19+,20-,23+/m1/s1. The first-order valence-corrected chi connectivity index (χ1v) is 10.4. The summed E-state index contributed by atoms with van der Waals surface area (Å²) in [6, 6.07) is 7.44. The van der Waals surface area contributed by atoms with Crippen LogP contribution in [0.15, 0.2) is 45.6 Å². The van der Waals surface area contributed by atoms with Crippen LogP contribution in [0.1, 0.15) is 6.92 Å². The number of carbonyl (C=O) groups excluding carboxylic acids is 1. The molecule has 5 atom stereocenters. The molecule has 0 aliphatic carbocycles. The number of hydrogen-bond acceptors (Lipinski definition) is 12. The van der Waals surface area contributed by atoms with Crippen LogP contribution in [0, 0.1) is 0 Å². The third kappa shape index (κ3) is 4.72. The van der Waals surface area contributed by atoms with Gasteiger partial charge < -0.3 is 49.3 Å². The molecule has 1 aliphatic heterocycles. The van der Waals surface area contributed by atoms with E-state index in [0.717, 1.165) is 19.1 Å². The monoisotopic (exact) mass is 490 g/mol. The second-order valence-corrected chi connectivity index (χ2v) is 7.91. The van der Waals surface area contributed by atoms with Gasteiger partial charge in [-0.25, -0.2) is 0 Å². The molecular formula is C23H22O12. The highest BCUT2D eigenvalue weighted by atomic mass is 16.7. The molecule has 1 fully saturated rings. The van der Waals surface area contributed by atoms with Crippen LogP contribution in [0.2, 0.25) is 0 Å². The van der Waals surface area contributed by atoms with Gasteiger partial charge in [-0.2, -0.15) is 0 Å². The van der Waals surface area contributed by atoms with Crippen molar-refractivity contribution in [3.05, 3.63) is 46.6 Å². The molecule has 2 aromatic carbocycles. The maximum atomic E-state index is 13.4. The molecule has 35 heavy (non-hydrogen) atoms. The van der Waals surface area contributed by atoms with E-state index in [0.29, 0.717) is 0 Å². The van der Waals surface area contributed by atoms with Crippen molar-refractivity contribution in [1.29, 1.82) is 0 Å². The molecule has 0 amide bonds. The predicted octanol–water partition coefficient (Wildman–Crippen LogP) is 0.326. The van der Waals surface area contributed by atoms with Crippen LogP contribution in [0.3, 0.4) is 0 Å². The Kier molecular flexibility index (Phi) is 6.54. The second kappa shape index (κ2) is 9.43. The summed E-state index contributed by atoms with van der Waals surface area (Å²) >= 11 is 0. The molecule has 0 unspecified atom stereocenters.